The predicted octanol–water partition coefficient (Wildman–Crippen LogP) is 0.802. The Balaban J connectivity index is 2.04. The topological polar surface area (TPSA) is 67.1 Å². The molecule has 5 heteroatoms. The Morgan fingerprint density at radius 2 is 2.22 bits per heavy atom. The first-order chi connectivity index (χ1) is 8.61. The van der Waals surface area contributed by atoms with Crippen LogP contribution in [0.4, 0.5) is 5.69 Å². The third-order valence-corrected chi connectivity index (χ3v) is 3.33. The van der Waals surface area contributed by atoms with Gasteiger partial charge < -0.3 is 15.0 Å². The highest BCUT2D eigenvalue weighted by atomic mass is 16.3. The Morgan fingerprint density at radius 1 is 1.44 bits per heavy atom. The molecule has 18 heavy (non-hydrogen) atoms. The molecular formula is C13H13N3O2. The zero-order chi connectivity index (χ0) is 12.8. The fourth-order valence-electron chi connectivity index (χ4n) is 2.27. The number of rotatable bonds is 2. The van der Waals surface area contributed by atoms with E-state index in [1.807, 2.05) is 19.2 Å². The summed E-state index contributed by atoms with van der Waals surface area (Å²) in [5.41, 5.74) is -0.257. The van der Waals surface area contributed by atoms with Gasteiger partial charge in [0.15, 0.2) is 5.60 Å². The second-order valence-corrected chi connectivity index (χ2v) is 4.49. The minimum Gasteiger partial charge on any atom is -0.375 e. The van der Waals surface area contributed by atoms with Crippen LogP contribution in [0.3, 0.4) is 0 Å². The normalized spacial score (nSPS) is 21.8. The maximum atomic E-state index is 12.0. The smallest absolute Gasteiger partial charge is 0.261 e. The number of para-hydroxylation sites is 1. The number of hydrogen-bond donors (Lipinski definition) is 2. The lowest BCUT2D eigenvalue weighted by Crippen LogP contribution is -2.37. The van der Waals surface area contributed by atoms with E-state index in [1.165, 1.54) is 0 Å². The quantitative estimate of drug-likeness (QED) is 0.820. The lowest BCUT2D eigenvalue weighted by atomic mass is 9.91. The summed E-state index contributed by atoms with van der Waals surface area (Å²) in [7, 11) is 1.84. The van der Waals surface area contributed by atoms with Crippen LogP contribution in [0.2, 0.25) is 0 Å². The number of benzene rings is 1. The zero-order valence-corrected chi connectivity index (χ0v) is 9.92. The fraction of sp³-hybridized carbons (Fsp3) is 0.231. The highest BCUT2D eigenvalue weighted by Gasteiger charge is 2.45. The number of carbonyl (C=O) groups excluding carboxylic acids is 1. The van der Waals surface area contributed by atoms with Crippen LogP contribution >= 0.6 is 0 Å². The Hall–Kier alpha value is -2.14. The van der Waals surface area contributed by atoms with Crippen LogP contribution in [-0.2, 0) is 23.9 Å². The van der Waals surface area contributed by atoms with E-state index in [4.69, 9.17) is 0 Å². The van der Waals surface area contributed by atoms with E-state index in [9.17, 15) is 9.90 Å². The van der Waals surface area contributed by atoms with E-state index < -0.39 is 11.5 Å². The summed E-state index contributed by atoms with van der Waals surface area (Å²) in [6.07, 6.45) is 3.61. The van der Waals surface area contributed by atoms with Gasteiger partial charge in [0.2, 0.25) is 0 Å². The summed E-state index contributed by atoms with van der Waals surface area (Å²) >= 11 is 0. The monoisotopic (exact) mass is 243 g/mol. The molecule has 5 nitrogen and oxygen atoms in total. The lowest BCUT2D eigenvalue weighted by molar-refractivity contribution is -0.133. The molecule has 2 heterocycles. The summed E-state index contributed by atoms with van der Waals surface area (Å²) in [6, 6.07) is 7.17. The predicted molar refractivity (Wildman–Crippen MR) is 65.9 cm³/mol. The zero-order valence-electron chi connectivity index (χ0n) is 9.92. The Kier molecular flexibility index (Phi) is 2.24. The number of anilines is 1. The molecule has 1 unspecified atom stereocenters. The molecule has 0 saturated heterocycles. The minimum atomic E-state index is -1.53. The minimum absolute atomic E-state index is 0.166. The van der Waals surface area contributed by atoms with E-state index in [2.05, 4.69) is 10.3 Å². The molecule has 1 aliphatic rings. The van der Waals surface area contributed by atoms with E-state index in [1.54, 1.807) is 29.1 Å². The number of imidazole rings is 1. The molecule has 1 aromatic heterocycles. The standard InChI is InChI=1S/C13H13N3O2/c1-16-7-6-14-11(16)8-13(18)9-4-2-3-5-10(9)15-12(13)17/h2-7,18H,8H2,1H3,(H,15,17). The van der Waals surface area contributed by atoms with Crippen LogP contribution in [0.25, 0.3) is 0 Å². The highest BCUT2D eigenvalue weighted by Crippen LogP contribution is 2.37. The Bertz CT molecular complexity index is 620. The molecule has 1 atom stereocenters. The van der Waals surface area contributed by atoms with Gasteiger partial charge in [-0.2, -0.15) is 0 Å². The van der Waals surface area contributed by atoms with Crippen molar-refractivity contribution in [3.63, 3.8) is 0 Å². The number of nitrogens with one attached hydrogen (secondary N) is 1. The van der Waals surface area contributed by atoms with Gasteiger partial charge in [-0.3, -0.25) is 4.79 Å². The second kappa shape index (κ2) is 3.68. The average molecular weight is 243 g/mol. The number of carbonyl (C=O) groups is 1. The number of aromatic nitrogens is 2. The summed E-state index contributed by atoms with van der Waals surface area (Å²) < 4.78 is 1.80. The fourth-order valence-corrected chi connectivity index (χ4v) is 2.27. The lowest BCUT2D eigenvalue weighted by Gasteiger charge is -2.20. The number of aryl methyl sites for hydroxylation is 1. The van der Waals surface area contributed by atoms with Gasteiger partial charge in [-0.25, -0.2) is 4.98 Å². The van der Waals surface area contributed by atoms with Gasteiger partial charge in [0.1, 0.15) is 5.82 Å². The molecular weight excluding hydrogens is 230 g/mol. The van der Waals surface area contributed by atoms with Crippen LogP contribution in [0.15, 0.2) is 36.7 Å². The van der Waals surface area contributed by atoms with Crippen LogP contribution in [-0.4, -0.2) is 20.6 Å². The largest absolute Gasteiger partial charge is 0.375 e. The SMILES string of the molecule is Cn1ccnc1CC1(O)C(=O)Nc2ccccc21. The molecule has 0 saturated carbocycles. The summed E-state index contributed by atoms with van der Waals surface area (Å²) in [6.45, 7) is 0. The molecule has 1 aromatic carbocycles. The third-order valence-electron chi connectivity index (χ3n) is 3.33. The molecule has 0 fully saturated rings. The maximum Gasteiger partial charge on any atom is 0.261 e. The number of aliphatic hydroxyl groups is 1. The van der Waals surface area contributed by atoms with Crippen molar-refractivity contribution in [2.75, 3.05) is 5.32 Å². The van der Waals surface area contributed by atoms with Crippen LogP contribution in [0, 0.1) is 0 Å². The molecule has 0 radical (unpaired) electrons. The Morgan fingerprint density at radius 3 is 2.94 bits per heavy atom. The molecule has 0 bridgehead atoms. The third kappa shape index (κ3) is 1.44. The number of hydrogen-bond acceptors (Lipinski definition) is 3. The van der Waals surface area contributed by atoms with Gasteiger partial charge in [-0.05, 0) is 6.07 Å². The molecule has 0 aliphatic carbocycles. The highest BCUT2D eigenvalue weighted by molar-refractivity contribution is 6.04. The summed E-state index contributed by atoms with van der Waals surface area (Å²) in [5.74, 6) is 0.274. The molecule has 92 valence electrons. The van der Waals surface area contributed by atoms with Crippen molar-refractivity contribution in [1.82, 2.24) is 9.55 Å². The van der Waals surface area contributed by atoms with Gasteiger partial charge in [0, 0.05) is 37.1 Å². The number of nitrogens with zero attached hydrogens (tertiary/aromatic N) is 2. The van der Waals surface area contributed by atoms with Crippen molar-refractivity contribution < 1.29 is 9.90 Å². The van der Waals surface area contributed by atoms with Crippen molar-refractivity contribution in [2.24, 2.45) is 7.05 Å². The molecule has 1 amide bonds. The summed E-state index contributed by atoms with van der Waals surface area (Å²) in [4.78, 5) is 16.1. The molecule has 1 aliphatic heterocycles. The first kappa shape index (κ1) is 11.0. The first-order valence-corrected chi connectivity index (χ1v) is 5.71. The Labute approximate surface area is 104 Å². The van der Waals surface area contributed by atoms with Crippen LogP contribution in [0.5, 0.6) is 0 Å². The maximum absolute atomic E-state index is 12.0. The molecule has 0 spiro atoms. The van der Waals surface area contributed by atoms with Crippen molar-refractivity contribution in [1.29, 1.82) is 0 Å². The van der Waals surface area contributed by atoms with Crippen LogP contribution < -0.4 is 5.32 Å². The van der Waals surface area contributed by atoms with Crippen LogP contribution in [0.1, 0.15) is 11.4 Å². The van der Waals surface area contributed by atoms with Gasteiger partial charge in [-0.15, -0.1) is 0 Å². The molecule has 2 N–H and O–H groups in total. The van der Waals surface area contributed by atoms with Gasteiger partial charge >= 0.3 is 0 Å². The van der Waals surface area contributed by atoms with Crippen molar-refractivity contribution in [3.05, 3.63) is 48.0 Å². The molecule has 3 rings (SSSR count). The van der Waals surface area contributed by atoms with Gasteiger partial charge in [0.25, 0.3) is 5.91 Å². The van der Waals surface area contributed by atoms with E-state index in [-0.39, 0.29) is 6.42 Å². The second-order valence-electron chi connectivity index (χ2n) is 4.49. The van der Waals surface area contributed by atoms with Crippen molar-refractivity contribution >= 4 is 11.6 Å². The number of fused-ring (bicyclic) bond motifs is 1. The van der Waals surface area contributed by atoms with E-state index >= 15 is 0 Å². The van der Waals surface area contributed by atoms with Gasteiger partial charge in [-0.1, -0.05) is 18.2 Å². The average Bonchev–Trinajstić information content (AvgIpc) is 2.85. The van der Waals surface area contributed by atoms with Gasteiger partial charge in [0.05, 0.1) is 0 Å². The van der Waals surface area contributed by atoms with E-state index in [0.717, 1.165) is 0 Å². The van der Waals surface area contributed by atoms with Crippen molar-refractivity contribution in [2.45, 2.75) is 12.0 Å². The van der Waals surface area contributed by atoms with Crippen molar-refractivity contribution in [3.8, 4) is 0 Å². The first-order valence-electron chi connectivity index (χ1n) is 5.71. The summed E-state index contributed by atoms with van der Waals surface area (Å²) in [5, 5.41) is 13.3. The molecule has 2 aromatic rings. The van der Waals surface area contributed by atoms with E-state index in [0.29, 0.717) is 17.1 Å². The number of amides is 1.